The van der Waals surface area contributed by atoms with Crippen LogP contribution >= 0.6 is 0 Å². The number of hydrogen-bond acceptors (Lipinski definition) is 3. The minimum atomic E-state index is -0.455. The van der Waals surface area contributed by atoms with Gasteiger partial charge in [0.15, 0.2) is 0 Å². The van der Waals surface area contributed by atoms with Crippen LogP contribution in [0.25, 0.3) is 0 Å². The van der Waals surface area contributed by atoms with Crippen LogP contribution in [0.1, 0.15) is 63.9 Å². The lowest BCUT2D eigenvalue weighted by Gasteiger charge is -2.31. The molecule has 142 valence electrons. The molecule has 1 aliphatic heterocycles. The third-order valence-electron chi connectivity index (χ3n) is 5.86. The first kappa shape index (κ1) is 18.9. The summed E-state index contributed by atoms with van der Waals surface area (Å²) in [7, 11) is 0. The highest BCUT2D eigenvalue weighted by Crippen LogP contribution is 2.34. The first-order chi connectivity index (χ1) is 12.7. The topological polar surface area (TPSA) is 46.6 Å². The molecular formula is C22H31NO3. The predicted molar refractivity (Wildman–Crippen MR) is 102 cm³/mol. The summed E-state index contributed by atoms with van der Waals surface area (Å²) in [5, 5.41) is 0. The van der Waals surface area contributed by atoms with Gasteiger partial charge in [-0.3, -0.25) is 4.79 Å². The zero-order chi connectivity index (χ0) is 18.4. The van der Waals surface area contributed by atoms with E-state index in [9.17, 15) is 9.59 Å². The zero-order valence-electron chi connectivity index (χ0n) is 15.9. The van der Waals surface area contributed by atoms with Gasteiger partial charge in [0.05, 0.1) is 6.04 Å². The molecule has 0 N–H and O–H groups in total. The molecule has 26 heavy (non-hydrogen) atoms. The summed E-state index contributed by atoms with van der Waals surface area (Å²) in [5.41, 5.74) is 1.13. The number of cyclic esters (lactones) is 1. The van der Waals surface area contributed by atoms with Crippen LogP contribution in [0.2, 0.25) is 0 Å². The molecule has 2 aliphatic rings. The van der Waals surface area contributed by atoms with Gasteiger partial charge in [-0.05, 0) is 30.7 Å². The fourth-order valence-corrected chi connectivity index (χ4v) is 4.42. The van der Waals surface area contributed by atoms with Crippen LogP contribution in [0.15, 0.2) is 30.3 Å². The molecule has 1 saturated carbocycles. The number of carbonyl (C=O) groups is 2. The SMILES string of the molecule is CCCCCC1CCCC(C(=O)N2C(=O)OC[C@H]2Cc2ccccc2)C1. The number of unbranched alkanes of at least 4 members (excludes halogenated alkanes) is 2. The molecule has 2 fully saturated rings. The van der Waals surface area contributed by atoms with E-state index in [1.165, 1.54) is 37.0 Å². The number of benzene rings is 1. The molecule has 2 amide bonds. The van der Waals surface area contributed by atoms with Gasteiger partial charge < -0.3 is 4.74 Å². The summed E-state index contributed by atoms with van der Waals surface area (Å²) >= 11 is 0. The van der Waals surface area contributed by atoms with E-state index < -0.39 is 6.09 Å². The summed E-state index contributed by atoms with van der Waals surface area (Å²) in [6.45, 7) is 2.53. The average molecular weight is 357 g/mol. The summed E-state index contributed by atoms with van der Waals surface area (Å²) in [5.74, 6) is 0.614. The first-order valence-corrected chi connectivity index (χ1v) is 10.2. The molecule has 1 aromatic carbocycles. The van der Waals surface area contributed by atoms with Gasteiger partial charge in [0.2, 0.25) is 5.91 Å². The maximum atomic E-state index is 13.1. The van der Waals surface area contributed by atoms with Gasteiger partial charge >= 0.3 is 6.09 Å². The number of imide groups is 1. The second-order valence-electron chi connectivity index (χ2n) is 7.85. The van der Waals surface area contributed by atoms with Crippen LogP contribution in [0.4, 0.5) is 4.79 Å². The number of hydrogen-bond donors (Lipinski definition) is 0. The van der Waals surface area contributed by atoms with E-state index in [1.807, 2.05) is 30.3 Å². The molecule has 4 nitrogen and oxygen atoms in total. The van der Waals surface area contributed by atoms with Crippen molar-refractivity contribution >= 4 is 12.0 Å². The Labute approximate surface area is 156 Å². The first-order valence-electron chi connectivity index (χ1n) is 10.2. The molecule has 1 aliphatic carbocycles. The van der Waals surface area contributed by atoms with Crippen molar-refractivity contribution in [3.05, 3.63) is 35.9 Å². The summed E-state index contributed by atoms with van der Waals surface area (Å²) < 4.78 is 5.23. The van der Waals surface area contributed by atoms with Crippen molar-refractivity contribution in [2.75, 3.05) is 6.61 Å². The van der Waals surface area contributed by atoms with E-state index in [1.54, 1.807) is 0 Å². The fourth-order valence-electron chi connectivity index (χ4n) is 4.42. The molecule has 4 heteroatoms. The molecule has 1 heterocycles. The highest BCUT2D eigenvalue weighted by atomic mass is 16.6. The number of nitrogens with zero attached hydrogens (tertiary/aromatic N) is 1. The van der Waals surface area contributed by atoms with Crippen LogP contribution in [0, 0.1) is 11.8 Å². The average Bonchev–Trinajstić information content (AvgIpc) is 3.02. The predicted octanol–water partition coefficient (Wildman–Crippen LogP) is 4.96. The van der Waals surface area contributed by atoms with Gasteiger partial charge in [0, 0.05) is 5.92 Å². The maximum absolute atomic E-state index is 13.1. The van der Waals surface area contributed by atoms with Crippen molar-refractivity contribution in [2.24, 2.45) is 11.8 Å². The number of rotatable bonds is 7. The van der Waals surface area contributed by atoms with Crippen molar-refractivity contribution in [3.63, 3.8) is 0 Å². The third-order valence-corrected chi connectivity index (χ3v) is 5.86. The summed E-state index contributed by atoms with van der Waals surface area (Å²) in [4.78, 5) is 26.8. The minimum Gasteiger partial charge on any atom is -0.447 e. The molecule has 0 bridgehead atoms. The van der Waals surface area contributed by atoms with Crippen LogP contribution in [-0.2, 0) is 16.0 Å². The van der Waals surface area contributed by atoms with Gasteiger partial charge in [0.25, 0.3) is 0 Å². The standard InChI is InChI=1S/C22H31NO3/c1-2-3-5-9-17-12-8-13-19(14-17)21(24)23-20(16-26-22(23)25)15-18-10-6-4-7-11-18/h4,6-7,10-11,17,19-20H,2-3,5,8-9,12-16H2,1H3/t17?,19?,20-/m1/s1. The number of ether oxygens (including phenoxy) is 1. The van der Waals surface area contributed by atoms with E-state index in [4.69, 9.17) is 4.74 Å². The third kappa shape index (κ3) is 4.66. The molecular weight excluding hydrogens is 326 g/mol. The number of carbonyl (C=O) groups excluding carboxylic acids is 2. The Morgan fingerprint density at radius 1 is 1.19 bits per heavy atom. The highest BCUT2D eigenvalue weighted by molar-refractivity contribution is 5.94. The van der Waals surface area contributed by atoms with E-state index in [2.05, 4.69) is 6.92 Å². The Balaban J connectivity index is 1.61. The molecule has 0 spiro atoms. The molecule has 1 aromatic rings. The Morgan fingerprint density at radius 2 is 2.00 bits per heavy atom. The zero-order valence-corrected chi connectivity index (χ0v) is 15.9. The van der Waals surface area contributed by atoms with Crippen molar-refractivity contribution in [1.82, 2.24) is 4.90 Å². The Kier molecular flexibility index (Phi) is 6.70. The van der Waals surface area contributed by atoms with Crippen molar-refractivity contribution in [1.29, 1.82) is 0 Å². The summed E-state index contributed by atoms with van der Waals surface area (Å²) in [6.07, 6.45) is 9.36. The van der Waals surface area contributed by atoms with Crippen molar-refractivity contribution in [3.8, 4) is 0 Å². The van der Waals surface area contributed by atoms with Crippen LogP contribution in [-0.4, -0.2) is 29.5 Å². The second kappa shape index (κ2) is 9.20. The van der Waals surface area contributed by atoms with Gasteiger partial charge in [-0.1, -0.05) is 75.8 Å². The maximum Gasteiger partial charge on any atom is 0.416 e. The van der Waals surface area contributed by atoms with E-state index >= 15 is 0 Å². The van der Waals surface area contributed by atoms with Crippen LogP contribution in [0.3, 0.4) is 0 Å². The van der Waals surface area contributed by atoms with E-state index in [0.717, 1.165) is 24.8 Å². The van der Waals surface area contributed by atoms with E-state index in [-0.39, 0.29) is 17.9 Å². The Morgan fingerprint density at radius 3 is 2.77 bits per heavy atom. The molecule has 0 radical (unpaired) electrons. The van der Waals surface area contributed by atoms with E-state index in [0.29, 0.717) is 18.9 Å². The Hall–Kier alpha value is -1.84. The lowest BCUT2D eigenvalue weighted by Crippen LogP contribution is -2.44. The minimum absolute atomic E-state index is 0.00590. The van der Waals surface area contributed by atoms with Crippen molar-refractivity contribution in [2.45, 2.75) is 70.8 Å². The quantitative estimate of drug-likeness (QED) is 0.648. The monoisotopic (exact) mass is 357 g/mol. The largest absolute Gasteiger partial charge is 0.447 e. The molecule has 3 atom stereocenters. The van der Waals surface area contributed by atoms with Gasteiger partial charge in [0.1, 0.15) is 6.61 Å². The number of amides is 2. The van der Waals surface area contributed by atoms with Crippen molar-refractivity contribution < 1.29 is 14.3 Å². The normalized spacial score (nSPS) is 26.0. The summed E-state index contributed by atoms with van der Waals surface area (Å²) in [6, 6.07) is 9.86. The van der Waals surface area contributed by atoms with Gasteiger partial charge in [-0.25, -0.2) is 9.69 Å². The lowest BCUT2D eigenvalue weighted by molar-refractivity contribution is -0.135. The smallest absolute Gasteiger partial charge is 0.416 e. The van der Waals surface area contributed by atoms with Crippen LogP contribution in [0.5, 0.6) is 0 Å². The Bertz CT molecular complexity index is 601. The molecule has 0 aromatic heterocycles. The molecule has 3 rings (SSSR count). The van der Waals surface area contributed by atoms with Gasteiger partial charge in [-0.15, -0.1) is 0 Å². The highest BCUT2D eigenvalue weighted by Gasteiger charge is 2.41. The lowest BCUT2D eigenvalue weighted by atomic mass is 9.78. The van der Waals surface area contributed by atoms with Gasteiger partial charge in [-0.2, -0.15) is 0 Å². The molecule has 1 saturated heterocycles. The van der Waals surface area contributed by atoms with Crippen LogP contribution < -0.4 is 0 Å². The molecule has 2 unspecified atom stereocenters. The second-order valence-corrected chi connectivity index (χ2v) is 7.85. The fraction of sp³-hybridized carbons (Fsp3) is 0.636.